The first-order valence-corrected chi connectivity index (χ1v) is 7.37. The minimum atomic E-state index is 0.294. The van der Waals surface area contributed by atoms with Crippen LogP contribution in [0.15, 0.2) is 18.2 Å². The van der Waals surface area contributed by atoms with E-state index in [-0.39, 0.29) is 0 Å². The minimum Gasteiger partial charge on any atom is -0.330 e. The summed E-state index contributed by atoms with van der Waals surface area (Å²) >= 11 is 0. The second-order valence-corrected chi connectivity index (χ2v) is 6.84. The van der Waals surface area contributed by atoms with Gasteiger partial charge in [-0.2, -0.15) is 0 Å². The molecule has 0 amide bonds. The molecule has 0 unspecified atom stereocenters. The first kappa shape index (κ1) is 12.2. The van der Waals surface area contributed by atoms with Crippen molar-refractivity contribution in [1.29, 1.82) is 0 Å². The van der Waals surface area contributed by atoms with E-state index >= 15 is 0 Å². The molecule has 0 heterocycles. The van der Waals surface area contributed by atoms with Crippen molar-refractivity contribution in [3.05, 3.63) is 34.9 Å². The summed E-state index contributed by atoms with van der Waals surface area (Å²) in [5.41, 5.74) is 11.4. The fraction of sp³-hybridized carbons (Fsp3) is 0.647. The molecule has 3 rings (SSSR count). The predicted molar refractivity (Wildman–Crippen MR) is 76.8 cm³/mol. The van der Waals surface area contributed by atoms with Crippen molar-refractivity contribution in [3.8, 4) is 0 Å². The van der Waals surface area contributed by atoms with Gasteiger partial charge in [-0.05, 0) is 61.6 Å². The van der Waals surface area contributed by atoms with Crippen molar-refractivity contribution in [2.45, 2.75) is 57.8 Å². The highest BCUT2D eigenvalue weighted by molar-refractivity contribution is 5.38. The van der Waals surface area contributed by atoms with Gasteiger partial charge in [-0.15, -0.1) is 0 Å². The Kier molecular flexibility index (Phi) is 2.78. The van der Waals surface area contributed by atoms with E-state index in [1.807, 2.05) is 0 Å². The van der Waals surface area contributed by atoms with Gasteiger partial charge in [-0.3, -0.25) is 0 Å². The lowest BCUT2D eigenvalue weighted by Gasteiger charge is -2.55. The van der Waals surface area contributed by atoms with Crippen LogP contribution in [0, 0.1) is 19.3 Å². The normalized spacial score (nSPS) is 24.2. The van der Waals surface area contributed by atoms with Crippen LogP contribution in [0.3, 0.4) is 0 Å². The van der Waals surface area contributed by atoms with Gasteiger partial charge in [0.05, 0.1) is 0 Å². The molecule has 0 saturated heterocycles. The van der Waals surface area contributed by atoms with Gasteiger partial charge in [-0.1, -0.05) is 31.0 Å². The molecule has 1 spiro atoms. The first-order valence-electron chi connectivity index (χ1n) is 7.37. The van der Waals surface area contributed by atoms with E-state index in [9.17, 15) is 0 Å². The third kappa shape index (κ3) is 1.72. The molecule has 0 aliphatic heterocycles. The van der Waals surface area contributed by atoms with E-state index < -0.39 is 0 Å². The number of aryl methyl sites for hydroxylation is 2. The van der Waals surface area contributed by atoms with E-state index in [4.69, 9.17) is 5.73 Å². The molecule has 0 bridgehead atoms. The van der Waals surface area contributed by atoms with Crippen LogP contribution in [0.25, 0.3) is 0 Å². The third-order valence-corrected chi connectivity index (χ3v) is 5.60. The Morgan fingerprint density at radius 3 is 2.28 bits per heavy atom. The van der Waals surface area contributed by atoms with Crippen molar-refractivity contribution in [1.82, 2.24) is 0 Å². The Morgan fingerprint density at radius 1 is 1.06 bits per heavy atom. The summed E-state index contributed by atoms with van der Waals surface area (Å²) < 4.78 is 0. The Labute approximate surface area is 111 Å². The highest BCUT2D eigenvalue weighted by Crippen LogP contribution is 2.62. The maximum atomic E-state index is 6.14. The largest absolute Gasteiger partial charge is 0.330 e. The van der Waals surface area contributed by atoms with Crippen molar-refractivity contribution in [2.24, 2.45) is 11.1 Å². The average Bonchev–Trinajstić information content (AvgIpc) is 2.79. The predicted octanol–water partition coefficient (Wildman–Crippen LogP) is 3.85. The molecule has 1 aromatic rings. The fourth-order valence-electron chi connectivity index (χ4n) is 4.40. The van der Waals surface area contributed by atoms with Crippen molar-refractivity contribution in [2.75, 3.05) is 6.54 Å². The molecule has 2 aliphatic carbocycles. The number of benzene rings is 1. The van der Waals surface area contributed by atoms with E-state index in [0.29, 0.717) is 10.8 Å². The molecule has 0 atom stereocenters. The zero-order valence-electron chi connectivity index (χ0n) is 11.8. The van der Waals surface area contributed by atoms with Crippen LogP contribution in [0.2, 0.25) is 0 Å². The van der Waals surface area contributed by atoms with Crippen LogP contribution in [0.4, 0.5) is 0 Å². The van der Waals surface area contributed by atoms with Gasteiger partial charge >= 0.3 is 0 Å². The third-order valence-electron chi connectivity index (χ3n) is 5.60. The Morgan fingerprint density at radius 2 is 1.72 bits per heavy atom. The molecule has 0 radical (unpaired) electrons. The van der Waals surface area contributed by atoms with Crippen molar-refractivity contribution in [3.63, 3.8) is 0 Å². The molecule has 98 valence electrons. The van der Waals surface area contributed by atoms with Crippen LogP contribution in [0.5, 0.6) is 0 Å². The highest BCUT2D eigenvalue weighted by Gasteiger charge is 2.54. The maximum Gasteiger partial charge on any atom is 0.00862 e. The summed E-state index contributed by atoms with van der Waals surface area (Å²) in [6.07, 6.45) is 8.43. The Hall–Kier alpha value is -0.820. The van der Waals surface area contributed by atoms with Crippen molar-refractivity contribution < 1.29 is 0 Å². The van der Waals surface area contributed by atoms with E-state index in [1.54, 1.807) is 0 Å². The van der Waals surface area contributed by atoms with Crippen LogP contribution in [-0.2, 0) is 5.41 Å². The quantitative estimate of drug-likeness (QED) is 0.838. The van der Waals surface area contributed by atoms with Crippen LogP contribution in [-0.4, -0.2) is 6.54 Å². The summed E-state index contributed by atoms with van der Waals surface area (Å²) in [4.78, 5) is 0. The average molecular weight is 243 g/mol. The summed E-state index contributed by atoms with van der Waals surface area (Å²) in [6, 6.07) is 6.96. The van der Waals surface area contributed by atoms with Gasteiger partial charge in [-0.25, -0.2) is 0 Å². The zero-order chi connectivity index (χ0) is 12.8. The summed E-state index contributed by atoms with van der Waals surface area (Å²) in [7, 11) is 0. The van der Waals surface area contributed by atoms with Crippen LogP contribution < -0.4 is 5.73 Å². The van der Waals surface area contributed by atoms with Gasteiger partial charge < -0.3 is 5.73 Å². The smallest absolute Gasteiger partial charge is 0.00862 e. The van der Waals surface area contributed by atoms with Gasteiger partial charge in [0, 0.05) is 12.0 Å². The minimum absolute atomic E-state index is 0.294. The number of rotatable bonds is 2. The maximum absolute atomic E-state index is 6.14. The van der Waals surface area contributed by atoms with Crippen molar-refractivity contribution >= 4 is 0 Å². The molecule has 18 heavy (non-hydrogen) atoms. The molecular weight excluding hydrogens is 218 g/mol. The Bertz CT molecular complexity index is 447. The summed E-state index contributed by atoms with van der Waals surface area (Å²) in [5.74, 6) is 0. The molecule has 2 fully saturated rings. The van der Waals surface area contributed by atoms with Gasteiger partial charge in [0.2, 0.25) is 0 Å². The molecular formula is C17H25N. The van der Waals surface area contributed by atoms with Gasteiger partial charge in [0.1, 0.15) is 0 Å². The monoisotopic (exact) mass is 243 g/mol. The first-order chi connectivity index (χ1) is 8.59. The topological polar surface area (TPSA) is 26.0 Å². The van der Waals surface area contributed by atoms with Gasteiger partial charge in [0.15, 0.2) is 0 Å². The second-order valence-electron chi connectivity index (χ2n) is 6.84. The lowest BCUT2D eigenvalue weighted by Crippen LogP contribution is -2.52. The zero-order valence-corrected chi connectivity index (χ0v) is 11.8. The summed E-state index contributed by atoms with van der Waals surface area (Å²) in [6.45, 7) is 5.22. The molecule has 1 nitrogen and oxygen atoms in total. The van der Waals surface area contributed by atoms with E-state index in [1.165, 1.54) is 55.2 Å². The number of hydrogen-bond acceptors (Lipinski definition) is 1. The molecule has 0 aromatic heterocycles. The Balaban J connectivity index is 1.87. The SMILES string of the molecule is Cc1ccc(C2(CN)CC3(CCCC3)C2)cc1C. The number of nitrogens with two attached hydrogens (primary N) is 1. The van der Waals surface area contributed by atoms with E-state index in [2.05, 4.69) is 32.0 Å². The van der Waals surface area contributed by atoms with Crippen LogP contribution in [0.1, 0.15) is 55.2 Å². The molecule has 2 N–H and O–H groups in total. The van der Waals surface area contributed by atoms with Gasteiger partial charge in [0.25, 0.3) is 0 Å². The number of hydrogen-bond donors (Lipinski definition) is 1. The highest BCUT2D eigenvalue weighted by atomic mass is 14.7. The second kappa shape index (κ2) is 4.09. The standard InChI is InChI=1S/C17H25N/c1-13-5-6-15(9-14(13)2)17(12-18)10-16(11-17)7-3-4-8-16/h5-6,9H,3-4,7-8,10-12,18H2,1-2H3. The molecule has 1 heteroatoms. The van der Waals surface area contributed by atoms with Crippen LogP contribution >= 0.6 is 0 Å². The fourth-order valence-corrected chi connectivity index (χ4v) is 4.40. The molecule has 1 aromatic carbocycles. The molecule has 2 aliphatic rings. The molecule has 2 saturated carbocycles. The lowest BCUT2D eigenvalue weighted by atomic mass is 9.49. The summed E-state index contributed by atoms with van der Waals surface area (Å²) in [5, 5.41) is 0. The lowest BCUT2D eigenvalue weighted by molar-refractivity contribution is 0.0328. The van der Waals surface area contributed by atoms with E-state index in [0.717, 1.165) is 6.54 Å².